The smallest absolute Gasteiger partial charge is 0.360 e. The first kappa shape index (κ1) is 16.7. The van der Waals surface area contributed by atoms with Gasteiger partial charge in [0.2, 0.25) is 5.71 Å². The standard InChI is InChI=1S/C15H23N3O3S/c1-9-4-6-10(7-5-9)15(2,3)21-18-12(13(19)20)11-8-22-14(16)17-11/h8-10H,4-7H2,1-3H3,(H2,16,17)(H,19,20)/b18-12-. The normalized spacial score (nSPS) is 23.3. The number of aliphatic carboxylic acids is 1. The summed E-state index contributed by atoms with van der Waals surface area (Å²) in [7, 11) is 0. The van der Waals surface area contributed by atoms with Gasteiger partial charge in [-0.15, -0.1) is 11.3 Å². The van der Waals surface area contributed by atoms with Crippen LogP contribution in [0.4, 0.5) is 5.13 Å². The number of hydrogen-bond acceptors (Lipinski definition) is 6. The summed E-state index contributed by atoms with van der Waals surface area (Å²) in [6.07, 6.45) is 4.51. The number of carboxylic acid groups (broad SMARTS) is 1. The fourth-order valence-corrected chi connectivity index (χ4v) is 3.33. The first-order chi connectivity index (χ1) is 10.3. The van der Waals surface area contributed by atoms with Gasteiger partial charge in [0.25, 0.3) is 0 Å². The molecule has 1 aliphatic rings. The molecule has 22 heavy (non-hydrogen) atoms. The van der Waals surface area contributed by atoms with Crippen molar-refractivity contribution in [2.24, 2.45) is 17.0 Å². The Hall–Kier alpha value is -1.63. The number of carboxylic acids is 1. The van der Waals surface area contributed by atoms with E-state index in [-0.39, 0.29) is 11.4 Å². The largest absolute Gasteiger partial charge is 0.476 e. The Morgan fingerprint density at radius 3 is 2.59 bits per heavy atom. The van der Waals surface area contributed by atoms with Crippen LogP contribution in [-0.2, 0) is 9.63 Å². The lowest BCUT2D eigenvalue weighted by molar-refractivity contribution is -0.130. The van der Waals surface area contributed by atoms with Crippen molar-refractivity contribution < 1.29 is 14.7 Å². The van der Waals surface area contributed by atoms with Crippen LogP contribution < -0.4 is 5.73 Å². The number of hydrogen-bond donors (Lipinski definition) is 2. The Bertz CT molecular complexity index is 560. The number of nitrogens with two attached hydrogens (primary N) is 1. The van der Waals surface area contributed by atoms with E-state index in [1.54, 1.807) is 5.38 Å². The van der Waals surface area contributed by atoms with E-state index in [1.807, 2.05) is 13.8 Å². The van der Waals surface area contributed by atoms with Gasteiger partial charge in [-0.2, -0.15) is 0 Å². The van der Waals surface area contributed by atoms with Gasteiger partial charge >= 0.3 is 5.97 Å². The summed E-state index contributed by atoms with van der Waals surface area (Å²) in [5, 5.41) is 15.0. The molecule has 2 rings (SSSR count). The molecule has 0 saturated heterocycles. The summed E-state index contributed by atoms with van der Waals surface area (Å²) in [5.41, 5.74) is 5.08. The molecule has 1 saturated carbocycles. The first-order valence-electron chi connectivity index (χ1n) is 7.50. The highest BCUT2D eigenvalue weighted by atomic mass is 32.1. The van der Waals surface area contributed by atoms with E-state index in [0.29, 0.717) is 11.0 Å². The van der Waals surface area contributed by atoms with Crippen molar-refractivity contribution in [3.8, 4) is 0 Å². The molecule has 0 spiro atoms. The third kappa shape index (κ3) is 3.97. The van der Waals surface area contributed by atoms with Crippen LogP contribution in [0.5, 0.6) is 0 Å². The van der Waals surface area contributed by atoms with E-state index in [1.165, 1.54) is 24.2 Å². The van der Waals surface area contributed by atoms with Crippen molar-refractivity contribution >= 4 is 28.1 Å². The Morgan fingerprint density at radius 1 is 1.45 bits per heavy atom. The van der Waals surface area contributed by atoms with Crippen molar-refractivity contribution in [2.45, 2.75) is 52.1 Å². The molecule has 0 bridgehead atoms. The van der Waals surface area contributed by atoms with Crippen LogP contribution in [-0.4, -0.2) is 27.4 Å². The Kier molecular flexibility index (Phi) is 5.05. The summed E-state index contributed by atoms with van der Waals surface area (Å²) in [6.45, 7) is 6.19. The number of nitrogen functional groups attached to an aromatic ring is 1. The number of nitrogens with zero attached hydrogens (tertiary/aromatic N) is 2. The molecular formula is C15H23N3O3S. The van der Waals surface area contributed by atoms with Crippen LogP contribution in [0.1, 0.15) is 52.1 Å². The highest BCUT2D eigenvalue weighted by molar-refractivity contribution is 7.13. The van der Waals surface area contributed by atoms with Gasteiger partial charge < -0.3 is 15.7 Å². The van der Waals surface area contributed by atoms with Gasteiger partial charge in [-0.05, 0) is 32.6 Å². The van der Waals surface area contributed by atoms with Crippen molar-refractivity contribution in [3.63, 3.8) is 0 Å². The van der Waals surface area contributed by atoms with Crippen LogP contribution in [0, 0.1) is 11.8 Å². The average molecular weight is 325 g/mol. The molecule has 6 nitrogen and oxygen atoms in total. The average Bonchev–Trinajstić information content (AvgIpc) is 2.85. The zero-order valence-electron chi connectivity index (χ0n) is 13.2. The molecule has 3 N–H and O–H groups in total. The molecule has 0 unspecified atom stereocenters. The molecule has 0 aliphatic heterocycles. The number of aromatic nitrogens is 1. The van der Waals surface area contributed by atoms with Gasteiger partial charge in [0.15, 0.2) is 5.13 Å². The van der Waals surface area contributed by atoms with Crippen LogP contribution in [0.15, 0.2) is 10.5 Å². The van der Waals surface area contributed by atoms with E-state index in [2.05, 4.69) is 17.1 Å². The third-order valence-corrected chi connectivity index (χ3v) is 5.01. The predicted octanol–water partition coefficient (Wildman–Crippen LogP) is 3.14. The molecule has 0 amide bonds. The van der Waals surface area contributed by atoms with Gasteiger partial charge in [-0.25, -0.2) is 9.78 Å². The Labute approximate surface area is 134 Å². The van der Waals surface area contributed by atoms with E-state index in [4.69, 9.17) is 10.6 Å². The Morgan fingerprint density at radius 2 is 2.09 bits per heavy atom. The highest BCUT2D eigenvalue weighted by Crippen LogP contribution is 2.37. The predicted molar refractivity (Wildman–Crippen MR) is 87.0 cm³/mol. The van der Waals surface area contributed by atoms with Crippen molar-refractivity contribution in [1.29, 1.82) is 0 Å². The summed E-state index contributed by atoms with van der Waals surface area (Å²) < 4.78 is 0. The molecule has 7 heteroatoms. The lowest BCUT2D eigenvalue weighted by atomic mass is 9.75. The fraction of sp³-hybridized carbons (Fsp3) is 0.667. The number of rotatable bonds is 5. The van der Waals surface area contributed by atoms with Gasteiger partial charge in [-0.3, -0.25) is 0 Å². The van der Waals surface area contributed by atoms with Gasteiger partial charge in [0.1, 0.15) is 11.3 Å². The summed E-state index contributed by atoms with van der Waals surface area (Å²) in [6, 6.07) is 0. The zero-order chi connectivity index (χ0) is 16.3. The molecule has 0 aromatic carbocycles. The minimum Gasteiger partial charge on any atom is -0.476 e. The molecule has 122 valence electrons. The van der Waals surface area contributed by atoms with Crippen LogP contribution >= 0.6 is 11.3 Å². The van der Waals surface area contributed by atoms with Gasteiger partial charge in [-0.1, -0.05) is 24.9 Å². The molecule has 0 radical (unpaired) electrons. The number of thiazole rings is 1. The van der Waals surface area contributed by atoms with Crippen molar-refractivity contribution in [2.75, 3.05) is 5.73 Å². The van der Waals surface area contributed by atoms with Gasteiger partial charge in [0, 0.05) is 11.3 Å². The van der Waals surface area contributed by atoms with E-state index in [9.17, 15) is 9.90 Å². The lowest BCUT2D eigenvalue weighted by Crippen LogP contribution is -2.36. The molecule has 0 atom stereocenters. The molecule has 1 fully saturated rings. The maximum atomic E-state index is 11.4. The molecule has 1 heterocycles. The second-order valence-electron chi connectivity index (χ2n) is 6.47. The molecule has 1 aromatic heterocycles. The quantitative estimate of drug-likeness (QED) is 0.640. The molecule has 1 aliphatic carbocycles. The maximum Gasteiger partial charge on any atom is 0.360 e. The Balaban J connectivity index is 2.11. The monoisotopic (exact) mass is 325 g/mol. The maximum absolute atomic E-state index is 11.4. The second kappa shape index (κ2) is 6.64. The minimum atomic E-state index is -1.17. The zero-order valence-corrected chi connectivity index (χ0v) is 14.0. The van der Waals surface area contributed by atoms with E-state index in [0.717, 1.165) is 18.8 Å². The highest BCUT2D eigenvalue weighted by Gasteiger charge is 2.35. The molecule has 1 aromatic rings. The second-order valence-corrected chi connectivity index (χ2v) is 7.36. The third-order valence-electron chi connectivity index (χ3n) is 4.34. The van der Waals surface area contributed by atoms with E-state index < -0.39 is 11.6 Å². The summed E-state index contributed by atoms with van der Waals surface area (Å²) in [5.74, 6) is -0.0375. The SMILES string of the molecule is CC1CCC(C(C)(C)O/N=C(\C(=O)O)c2csc(N)n2)CC1. The minimum absolute atomic E-state index is 0.204. The lowest BCUT2D eigenvalue weighted by Gasteiger charge is -2.36. The topological polar surface area (TPSA) is 97.8 Å². The van der Waals surface area contributed by atoms with Gasteiger partial charge in [0.05, 0.1) is 0 Å². The van der Waals surface area contributed by atoms with Crippen molar-refractivity contribution in [3.05, 3.63) is 11.1 Å². The first-order valence-corrected chi connectivity index (χ1v) is 8.38. The number of anilines is 1. The van der Waals surface area contributed by atoms with Crippen LogP contribution in [0.2, 0.25) is 0 Å². The number of oxime groups is 1. The fourth-order valence-electron chi connectivity index (χ4n) is 2.78. The summed E-state index contributed by atoms with van der Waals surface area (Å²) >= 11 is 1.18. The molecular weight excluding hydrogens is 302 g/mol. The van der Waals surface area contributed by atoms with Crippen LogP contribution in [0.25, 0.3) is 0 Å². The van der Waals surface area contributed by atoms with Crippen LogP contribution in [0.3, 0.4) is 0 Å². The van der Waals surface area contributed by atoms with Crippen molar-refractivity contribution in [1.82, 2.24) is 4.98 Å². The van der Waals surface area contributed by atoms with E-state index >= 15 is 0 Å². The summed E-state index contributed by atoms with van der Waals surface area (Å²) in [4.78, 5) is 20.9. The number of carbonyl (C=O) groups is 1.